The van der Waals surface area contributed by atoms with Crippen LogP contribution in [-0.2, 0) is 6.54 Å². The molecule has 0 aliphatic heterocycles. The molecule has 0 bridgehead atoms. The van der Waals surface area contributed by atoms with E-state index in [4.69, 9.17) is 17.3 Å². The largest absolute Gasteiger partial charge is 0.396 e. The van der Waals surface area contributed by atoms with E-state index in [1.165, 1.54) is 10.2 Å². The normalized spacial score (nSPS) is 11.0. The summed E-state index contributed by atoms with van der Waals surface area (Å²) in [6, 6.07) is 8.26. The van der Waals surface area contributed by atoms with Crippen LogP contribution in [0.2, 0.25) is 0 Å². The Balaban J connectivity index is 2.33. The molecule has 0 saturated heterocycles. The number of aliphatic hydroxyl groups is 1. The molecule has 0 radical (unpaired) electrons. The van der Waals surface area contributed by atoms with Gasteiger partial charge in [0.2, 0.25) is 0 Å². The molecule has 0 aliphatic rings. The molecule has 0 amide bonds. The maximum absolute atomic E-state index is 8.74. The second kappa shape index (κ2) is 4.88. The van der Waals surface area contributed by atoms with Gasteiger partial charge in [-0.25, -0.2) is 0 Å². The van der Waals surface area contributed by atoms with E-state index in [-0.39, 0.29) is 6.61 Å². The van der Waals surface area contributed by atoms with Gasteiger partial charge in [0.1, 0.15) is 0 Å². The summed E-state index contributed by atoms with van der Waals surface area (Å²) >= 11 is 6.97. The molecule has 1 N–H and O–H groups in total. The molecule has 1 aromatic heterocycles. The van der Waals surface area contributed by atoms with Crippen LogP contribution in [0.5, 0.6) is 0 Å². The lowest BCUT2D eigenvalue weighted by atomic mass is 10.3. The van der Waals surface area contributed by atoms with Gasteiger partial charge in [-0.3, -0.25) is 0 Å². The molecule has 0 saturated carbocycles. The molecule has 2 nitrogen and oxygen atoms in total. The van der Waals surface area contributed by atoms with Crippen molar-refractivity contribution < 1.29 is 5.11 Å². The maximum Gasteiger partial charge on any atom is 0.162 e. The van der Waals surface area contributed by atoms with E-state index in [1.807, 2.05) is 12.1 Å². The van der Waals surface area contributed by atoms with Crippen molar-refractivity contribution in [3.8, 4) is 0 Å². The molecule has 0 atom stereocenters. The minimum Gasteiger partial charge on any atom is -0.396 e. The predicted octanol–water partition coefficient (Wildman–Crippen LogP) is 3.20. The molecule has 0 fully saturated rings. The standard InChI is InChI=1S/C11H13NOS2/c13-8-4-3-7-12-9-5-1-2-6-10(9)15-11(12)14/h1-2,5-6,13H,3-4,7-8H2. The van der Waals surface area contributed by atoms with Gasteiger partial charge in [0, 0.05) is 13.2 Å². The lowest BCUT2D eigenvalue weighted by molar-refractivity contribution is 0.281. The number of hydrogen-bond donors (Lipinski definition) is 1. The van der Waals surface area contributed by atoms with Crippen molar-refractivity contribution in [2.24, 2.45) is 0 Å². The van der Waals surface area contributed by atoms with E-state index < -0.39 is 0 Å². The third-order valence-electron chi connectivity index (χ3n) is 2.36. The number of fused-ring (bicyclic) bond motifs is 1. The molecular formula is C11H13NOS2. The highest BCUT2D eigenvalue weighted by Gasteiger charge is 2.02. The van der Waals surface area contributed by atoms with Gasteiger partial charge in [0.05, 0.1) is 10.2 Å². The molecule has 15 heavy (non-hydrogen) atoms. The van der Waals surface area contributed by atoms with Gasteiger partial charge in [-0.1, -0.05) is 12.1 Å². The second-order valence-electron chi connectivity index (χ2n) is 3.42. The van der Waals surface area contributed by atoms with E-state index in [0.717, 1.165) is 23.3 Å². The molecule has 0 unspecified atom stereocenters. The van der Waals surface area contributed by atoms with Crippen LogP contribution in [0.25, 0.3) is 10.2 Å². The zero-order valence-electron chi connectivity index (χ0n) is 8.35. The van der Waals surface area contributed by atoms with E-state index >= 15 is 0 Å². The quantitative estimate of drug-likeness (QED) is 0.654. The molecule has 4 heteroatoms. The molecule has 80 valence electrons. The number of unbranched alkanes of at least 4 members (excludes halogenated alkanes) is 1. The van der Waals surface area contributed by atoms with Crippen LogP contribution >= 0.6 is 23.6 Å². The number of benzene rings is 1. The summed E-state index contributed by atoms with van der Waals surface area (Å²) in [4.78, 5) is 0. The van der Waals surface area contributed by atoms with Crippen molar-refractivity contribution in [2.75, 3.05) is 6.61 Å². The molecule has 2 rings (SSSR count). The van der Waals surface area contributed by atoms with Crippen molar-refractivity contribution in [1.29, 1.82) is 0 Å². The average molecular weight is 239 g/mol. The van der Waals surface area contributed by atoms with Crippen LogP contribution in [-0.4, -0.2) is 16.3 Å². The summed E-state index contributed by atoms with van der Waals surface area (Å²) in [6.07, 6.45) is 1.82. The lowest BCUT2D eigenvalue weighted by Gasteiger charge is -2.03. The summed E-state index contributed by atoms with van der Waals surface area (Å²) in [5.41, 5.74) is 1.21. The summed E-state index contributed by atoms with van der Waals surface area (Å²) in [5.74, 6) is 0. The van der Waals surface area contributed by atoms with Gasteiger partial charge >= 0.3 is 0 Å². The van der Waals surface area contributed by atoms with Crippen molar-refractivity contribution in [1.82, 2.24) is 4.57 Å². The fourth-order valence-corrected chi connectivity index (χ4v) is 2.98. The number of aryl methyl sites for hydroxylation is 1. The van der Waals surface area contributed by atoms with Gasteiger partial charge < -0.3 is 9.67 Å². The first kappa shape index (κ1) is 10.8. The van der Waals surface area contributed by atoms with E-state index in [0.29, 0.717) is 0 Å². The highest BCUT2D eigenvalue weighted by atomic mass is 32.1. The molecule has 1 aromatic carbocycles. The fourth-order valence-electron chi connectivity index (χ4n) is 1.61. The number of aromatic nitrogens is 1. The molecule has 2 aromatic rings. The Hall–Kier alpha value is -0.710. The second-order valence-corrected chi connectivity index (χ2v) is 5.09. The first-order valence-electron chi connectivity index (χ1n) is 5.02. The number of nitrogens with zero attached hydrogens (tertiary/aromatic N) is 1. The first-order valence-corrected chi connectivity index (χ1v) is 6.24. The smallest absolute Gasteiger partial charge is 0.162 e. The van der Waals surface area contributed by atoms with E-state index in [2.05, 4.69) is 16.7 Å². The van der Waals surface area contributed by atoms with Crippen LogP contribution in [0.3, 0.4) is 0 Å². The monoisotopic (exact) mass is 239 g/mol. The fraction of sp³-hybridized carbons (Fsp3) is 0.364. The summed E-state index contributed by atoms with van der Waals surface area (Å²) < 4.78 is 4.32. The molecule has 0 aliphatic carbocycles. The Morgan fingerprint density at radius 3 is 2.87 bits per heavy atom. The highest BCUT2D eigenvalue weighted by Crippen LogP contribution is 2.22. The SMILES string of the molecule is OCCCCn1c(=S)sc2ccccc21. The van der Waals surface area contributed by atoms with Gasteiger partial charge in [0.15, 0.2) is 3.95 Å². The Morgan fingerprint density at radius 1 is 1.27 bits per heavy atom. The minimum absolute atomic E-state index is 0.259. The first-order chi connectivity index (χ1) is 7.33. The van der Waals surface area contributed by atoms with E-state index in [9.17, 15) is 0 Å². The minimum atomic E-state index is 0.259. The summed E-state index contributed by atoms with van der Waals surface area (Å²) in [7, 11) is 0. The van der Waals surface area contributed by atoms with E-state index in [1.54, 1.807) is 11.3 Å². The van der Waals surface area contributed by atoms with Gasteiger partial charge in [-0.05, 0) is 37.2 Å². The van der Waals surface area contributed by atoms with Crippen LogP contribution in [0, 0.1) is 3.95 Å². The molecule has 0 spiro atoms. The Kier molecular flexibility index (Phi) is 3.51. The number of rotatable bonds is 4. The Morgan fingerprint density at radius 2 is 2.07 bits per heavy atom. The number of aliphatic hydroxyl groups excluding tert-OH is 1. The third-order valence-corrected chi connectivity index (χ3v) is 3.79. The third kappa shape index (κ3) is 2.27. The molecular weight excluding hydrogens is 226 g/mol. The van der Waals surface area contributed by atoms with Gasteiger partial charge in [-0.15, -0.1) is 11.3 Å². The topological polar surface area (TPSA) is 25.2 Å². The van der Waals surface area contributed by atoms with Crippen molar-refractivity contribution in [3.05, 3.63) is 28.2 Å². The maximum atomic E-state index is 8.74. The van der Waals surface area contributed by atoms with Crippen LogP contribution < -0.4 is 0 Å². The van der Waals surface area contributed by atoms with Crippen molar-refractivity contribution in [3.63, 3.8) is 0 Å². The highest BCUT2D eigenvalue weighted by molar-refractivity contribution is 7.73. The van der Waals surface area contributed by atoms with Crippen molar-refractivity contribution >= 4 is 33.8 Å². The summed E-state index contributed by atoms with van der Waals surface area (Å²) in [6.45, 7) is 1.17. The zero-order chi connectivity index (χ0) is 10.7. The zero-order valence-corrected chi connectivity index (χ0v) is 9.98. The Bertz CT molecular complexity index is 501. The predicted molar refractivity (Wildman–Crippen MR) is 67.0 cm³/mol. The average Bonchev–Trinajstić information content (AvgIpc) is 2.56. The number of thiazole rings is 1. The Labute approximate surface area is 97.8 Å². The van der Waals surface area contributed by atoms with Gasteiger partial charge in [0.25, 0.3) is 0 Å². The van der Waals surface area contributed by atoms with Crippen LogP contribution in [0.15, 0.2) is 24.3 Å². The van der Waals surface area contributed by atoms with Crippen molar-refractivity contribution in [2.45, 2.75) is 19.4 Å². The van der Waals surface area contributed by atoms with Gasteiger partial charge in [-0.2, -0.15) is 0 Å². The number of para-hydroxylation sites is 1. The summed E-state index contributed by atoms with van der Waals surface area (Å²) in [5, 5.41) is 8.74. The molecule has 1 heterocycles. The van der Waals surface area contributed by atoms with Crippen LogP contribution in [0.4, 0.5) is 0 Å². The number of hydrogen-bond acceptors (Lipinski definition) is 3. The lowest BCUT2D eigenvalue weighted by Crippen LogP contribution is -1.98. The van der Waals surface area contributed by atoms with Crippen LogP contribution in [0.1, 0.15) is 12.8 Å².